The maximum atomic E-state index is 12.3. The molecule has 0 spiro atoms. The molecule has 3 rings (SSSR count). The fraction of sp³-hybridized carbons (Fsp3) is 0.467. The summed E-state index contributed by atoms with van der Waals surface area (Å²) >= 11 is 0. The Morgan fingerprint density at radius 1 is 1.19 bits per heavy atom. The first-order valence-electron chi connectivity index (χ1n) is 7.09. The van der Waals surface area contributed by atoms with Gasteiger partial charge in [0.15, 0.2) is 0 Å². The van der Waals surface area contributed by atoms with Gasteiger partial charge in [-0.05, 0) is 24.0 Å². The second kappa shape index (κ2) is 5.37. The summed E-state index contributed by atoms with van der Waals surface area (Å²) in [6, 6.07) is 6.67. The molecule has 0 bridgehead atoms. The number of aliphatic hydroxyl groups excluding tert-OH is 1. The standard InChI is InChI=1S/C15H18N2O4/c18-12-7-13(14(19)20)17(8-12)15(21)16-11-5-9-3-1-2-4-10(9)6-11/h1-4,11-13,18H,5-8H2,(H,16,21)(H,19,20). The SMILES string of the molecule is O=C(O)C1CC(O)CN1C(=O)NC1Cc2ccccc2C1. The number of carboxylic acid groups (broad SMARTS) is 1. The van der Waals surface area contributed by atoms with Gasteiger partial charge >= 0.3 is 12.0 Å². The summed E-state index contributed by atoms with van der Waals surface area (Å²) in [4.78, 5) is 24.6. The molecule has 0 aromatic heterocycles. The highest BCUT2D eigenvalue weighted by molar-refractivity contribution is 5.83. The Balaban J connectivity index is 1.64. The van der Waals surface area contributed by atoms with Crippen molar-refractivity contribution in [3.05, 3.63) is 35.4 Å². The maximum absolute atomic E-state index is 12.3. The Bertz CT molecular complexity index is 550. The second-order valence-electron chi connectivity index (χ2n) is 5.72. The largest absolute Gasteiger partial charge is 0.480 e. The van der Waals surface area contributed by atoms with Crippen LogP contribution in [0, 0.1) is 0 Å². The van der Waals surface area contributed by atoms with E-state index in [1.165, 1.54) is 16.0 Å². The van der Waals surface area contributed by atoms with Crippen LogP contribution in [-0.4, -0.2) is 51.8 Å². The van der Waals surface area contributed by atoms with Crippen molar-refractivity contribution < 1.29 is 19.8 Å². The molecule has 1 fully saturated rings. The topological polar surface area (TPSA) is 89.9 Å². The maximum Gasteiger partial charge on any atom is 0.326 e. The zero-order valence-electron chi connectivity index (χ0n) is 11.5. The number of carbonyl (C=O) groups excluding carboxylic acids is 1. The van der Waals surface area contributed by atoms with Gasteiger partial charge in [-0.3, -0.25) is 0 Å². The average molecular weight is 290 g/mol. The van der Waals surface area contributed by atoms with Crippen molar-refractivity contribution in [3.63, 3.8) is 0 Å². The van der Waals surface area contributed by atoms with Crippen LogP contribution in [0.2, 0.25) is 0 Å². The number of rotatable bonds is 2. The molecular formula is C15H18N2O4. The van der Waals surface area contributed by atoms with E-state index in [0.717, 1.165) is 12.8 Å². The number of benzene rings is 1. The summed E-state index contributed by atoms with van der Waals surface area (Å²) in [5.41, 5.74) is 2.44. The molecule has 2 atom stereocenters. The zero-order valence-corrected chi connectivity index (χ0v) is 11.5. The van der Waals surface area contributed by atoms with Gasteiger partial charge in [-0.15, -0.1) is 0 Å². The third kappa shape index (κ3) is 2.71. The third-order valence-corrected chi connectivity index (χ3v) is 4.20. The number of hydrogen-bond donors (Lipinski definition) is 3. The van der Waals surface area contributed by atoms with Crippen molar-refractivity contribution in [2.45, 2.75) is 37.5 Å². The lowest BCUT2D eigenvalue weighted by molar-refractivity contribution is -0.141. The van der Waals surface area contributed by atoms with Crippen LogP contribution in [0.25, 0.3) is 0 Å². The van der Waals surface area contributed by atoms with Gasteiger partial charge in [0, 0.05) is 19.0 Å². The summed E-state index contributed by atoms with van der Waals surface area (Å²) < 4.78 is 0. The lowest BCUT2D eigenvalue weighted by Crippen LogP contribution is -2.49. The number of aliphatic hydroxyl groups is 1. The van der Waals surface area contributed by atoms with Crippen molar-refractivity contribution in [1.29, 1.82) is 0 Å². The first-order valence-corrected chi connectivity index (χ1v) is 7.09. The highest BCUT2D eigenvalue weighted by Crippen LogP contribution is 2.23. The van der Waals surface area contributed by atoms with Gasteiger partial charge in [0.1, 0.15) is 6.04 Å². The molecule has 1 aliphatic heterocycles. The van der Waals surface area contributed by atoms with Gasteiger partial charge in [-0.2, -0.15) is 0 Å². The lowest BCUT2D eigenvalue weighted by Gasteiger charge is -2.23. The van der Waals surface area contributed by atoms with Crippen molar-refractivity contribution in [1.82, 2.24) is 10.2 Å². The normalized spacial score (nSPS) is 24.9. The predicted molar refractivity (Wildman–Crippen MR) is 74.9 cm³/mol. The molecule has 2 aliphatic rings. The molecule has 3 N–H and O–H groups in total. The van der Waals surface area contributed by atoms with Crippen molar-refractivity contribution in [3.8, 4) is 0 Å². The van der Waals surface area contributed by atoms with E-state index in [4.69, 9.17) is 5.11 Å². The van der Waals surface area contributed by atoms with E-state index in [0.29, 0.717) is 0 Å². The smallest absolute Gasteiger partial charge is 0.326 e. The summed E-state index contributed by atoms with van der Waals surface area (Å²) in [6.45, 7) is 0.0719. The fourth-order valence-electron chi connectivity index (χ4n) is 3.19. The first kappa shape index (κ1) is 13.9. The Labute approximate surface area is 122 Å². The second-order valence-corrected chi connectivity index (χ2v) is 5.72. The van der Waals surface area contributed by atoms with Crippen LogP contribution in [0.1, 0.15) is 17.5 Å². The van der Waals surface area contributed by atoms with Gasteiger partial charge in [0.05, 0.1) is 6.10 Å². The van der Waals surface area contributed by atoms with Gasteiger partial charge < -0.3 is 20.4 Å². The lowest BCUT2D eigenvalue weighted by atomic mass is 10.1. The Hall–Kier alpha value is -2.08. The van der Waals surface area contributed by atoms with Crippen molar-refractivity contribution >= 4 is 12.0 Å². The number of fused-ring (bicyclic) bond motifs is 1. The van der Waals surface area contributed by atoms with Crippen LogP contribution in [0.15, 0.2) is 24.3 Å². The Morgan fingerprint density at radius 3 is 2.38 bits per heavy atom. The molecule has 1 aromatic carbocycles. The van der Waals surface area contributed by atoms with E-state index in [-0.39, 0.29) is 19.0 Å². The van der Waals surface area contributed by atoms with Gasteiger partial charge in [0.2, 0.25) is 0 Å². The molecule has 1 aliphatic carbocycles. The van der Waals surface area contributed by atoms with Crippen LogP contribution in [0.5, 0.6) is 0 Å². The minimum atomic E-state index is -1.07. The zero-order chi connectivity index (χ0) is 15.0. The van der Waals surface area contributed by atoms with Crippen molar-refractivity contribution in [2.75, 3.05) is 6.54 Å². The minimum Gasteiger partial charge on any atom is -0.480 e. The van der Waals surface area contributed by atoms with Gasteiger partial charge in [-0.25, -0.2) is 9.59 Å². The van der Waals surface area contributed by atoms with E-state index in [1.54, 1.807) is 0 Å². The van der Waals surface area contributed by atoms with Crippen LogP contribution in [0.4, 0.5) is 4.79 Å². The van der Waals surface area contributed by atoms with E-state index < -0.39 is 24.1 Å². The minimum absolute atomic E-state index is 0.0120. The van der Waals surface area contributed by atoms with E-state index in [1.807, 2.05) is 24.3 Å². The fourth-order valence-corrected chi connectivity index (χ4v) is 3.19. The Morgan fingerprint density at radius 2 is 1.81 bits per heavy atom. The molecule has 0 saturated carbocycles. The molecule has 112 valence electrons. The number of carbonyl (C=O) groups is 2. The number of urea groups is 1. The van der Waals surface area contributed by atoms with E-state index >= 15 is 0 Å². The molecular weight excluding hydrogens is 272 g/mol. The molecule has 6 heteroatoms. The van der Waals surface area contributed by atoms with Crippen LogP contribution in [0.3, 0.4) is 0 Å². The monoisotopic (exact) mass is 290 g/mol. The average Bonchev–Trinajstić information content (AvgIpc) is 3.01. The number of carboxylic acids is 1. The van der Waals surface area contributed by atoms with Gasteiger partial charge in [-0.1, -0.05) is 24.3 Å². The third-order valence-electron chi connectivity index (χ3n) is 4.20. The summed E-state index contributed by atoms with van der Waals surface area (Å²) in [5, 5.41) is 21.6. The molecule has 1 heterocycles. The molecule has 2 amide bonds. The molecule has 2 unspecified atom stereocenters. The van der Waals surface area contributed by atoms with Crippen LogP contribution in [-0.2, 0) is 17.6 Å². The van der Waals surface area contributed by atoms with Crippen LogP contribution < -0.4 is 5.32 Å². The number of β-amino-alcohol motifs (C(OH)–C–C–N with tert-alkyl or cyclic N) is 1. The number of aliphatic carboxylic acids is 1. The first-order chi connectivity index (χ1) is 10.0. The highest BCUT2D eigenvalue weighted by Gasteiger charge is 2.39. The number of hydrogen-bond acceptors (Lipinski definition) is 3. The van der Waals surface area contributed by atoms with E-state index in [2.05, 4.69) is 5.32 Å². The summed E-state index contributed by atoms with van der Waals surface area (Å²) in [5.74, 6) is -1.07. The van der Waals surface area contributed by atoms with Gasteiger partial charge in [0.25, 0.3) is 0 Å². The van der Waals surface area contributed by atoms with Crippen LogP contribution >= 0.6 is 0 Å². The predicted octanol–water partition coefficient (Wildman–Crippen LogP) is 0.383. The molecule has 1 saturated heterocycles. The summed E-state index contributed by atoms with van der Waals surface area (Å²) in [7, 11) is 0. The number of likely N-dealkylation sites (tertiary alicyclic amines) is 1. The Kier molecular flexibility index (Phi) is 3.55. The van der Waals surface area contributed by atoms with Crippen molar-refractivity contribution in [2.24, 2.45) is 0 Å². The van der Waals surface area contributed by atoms with E-state index in [9.17, 15) is 14.7 Å². The number of nitrogens with one attached hydrogen (secondary N) is 1. The number of amides is 2. The summed E-state index contributed by atoms with van der Waals surface area (Å²) in [6.07, 6.45) is 0.845. The number of nitrogens with zero attached hydrogens (tertiary/aromatic N) is 1. The molecule has 0 radical (unpaired) electrons. The highest BCUT2D eigenvalue weighted by atomic mass is 16.4. The molecule has 21 heavy (non-hydrogen) atoms. The quantitative estimate of drug-likeness (QED) is 0.734. The molecule has 6 nitrogen and oxygen atoms in total. The molecule has 1 aromatic rings.